The number of rotatable bonds is 0. The van der Waals surface area contributed by atoms with Gasteiger partial charge in [0.1, 0.15) is 0 Å². The Bertz CT molecular complexity index is 11.6. The molecule has 1 nitrogen and oxygen atoms in total. The van der Waals surface area contributed by atoms with Crippen molar-refractivity contribution in [1.82, 2.24) is 0 Å². The zero-order valence-corrected chi connectivity index (χ0v) is 14.8. The van der Waals surface area contributed by atoms with Crippen molar-refractivity contribution in [1.29, 1.82) is 0 Å². The van der Waals surface area contributed by atoms with Gasteiger partial charge in [0.05, 0.1) is 0 Å². The fraction of sp³-hybridized carbons (Fsp3) is 0. The van der Waals surface area contributed by atoms with E-state index in [1.807, 2.05) is 0 Å². The normalized spacial score (nSPS) is 0. The standard InChI is InChI=1S/Ba.Ce.H2O.Ru.Y/h;;1H2;;. The average Bonchev–Trinajstić information content (AvgIpc) is 0. The van der Waals surface area contributed by atoms with Crippen LogP contribution in [-0.2, 0) is 52.2 Å². The van der Waals surface area contributed by atoms with E-state index in [4.69, 9.17) is 0 Å². The molecule has 5 heteroatoms. The van der Waals surface area contributed by atoms with E-state index in [1.165, 1.54) is 0 Å². The second-order valence-corrected chi connectivity index (χ2v) is 0. The van der Waals surface area contributed by atoms with Crippen molar-refractivity contribution in [2.45, 2.75) is 0 Å². The van der Waals surface area contributed by atoms with Gasteiger partial charge in [-0.1, -0.05) is 0 Å². The molecule has 0 fully saturated rings. The number of hydrogen-bond acceptors (Lipinski definition) is 0. The molecule has 0 unspecified atom stereocenters. The van der Waals surface area contributed by atoms with E-state index >= 15 is 0 Å². The largest absolute Gasteiger partial charge is 0.412 e. The molecule has 0 aromatic rings. The Labute approximate surface area is 144 Å². The Morgan fingerprint density at radius 2 is 1.00 bits per heavy atom. The maximum atomic E-state index is 0. The van der Waals surface area contributed by atoms with Gasteiger partial charge in [0.25, 0.3) is 0 Å². The Hall–Kier alpha value is 4.64. The third kappa shape index (κ3) is 17.7. The fourth-order valence-corrected chi connectivity index (χ4v) is 0. The van der Waals surface area contributed by atoms with Crippen molar-refractivity contribution in [3.63, 3.8) is 0 Å². The first-order chi connectivity index (χ1) is 0. The summed E-state index contributed by atoms with van der Waals surface area (Å²) in [7, 11) is 0. The van der Waals surface area contributed by atoms with E-state index in [1.54, 1.807) is 0 Å². The van der Waals surface area contributed by atoms with Gasteiger partial charge in [-0.25, -0.2) is 0 Å². The van der Waals surface area contributed by atoms with Gasteiger partial charge in [0.2, 0.25) is 0 Å². The first-order valence-electron chi connectivity index (χ1n) is 0. The van der Waals surface area contributed by atoms with Crippen molar-refractivity contribution in [3.8, 4) is 0 Å². The number of hydrogen-bond donors (Lipinski definition) is 0. The summed E-state index contributed by atoms with van der Waals surface area (Å²) in [5.41, 5.74) is 0. The summed E-state index contributed by atoms with van der Waals surface area (Å²) in [6.07, 6.45) is 0. The maximum Gasteiger partial charge on any atom is 0 e. The second-order valence-electron chi connectivity index (χ2n) is 0. The molecule has 0 rings (SSSR count). The summed E-state index contributed by atoms with van der Waals surface area (Å²) in [5, 5.41) is 0. The van der Waals surface area contributed by atoms with Crippen molar-refractivity contribution in [3.05, 3.63) is 0 Å². The predicted molar refractivity (Wildman–Crippen MR) is 9.37 cm³/mol. The fourth-order valence-electron chi connectivity index (χ4n) is 0. The van der Waals surface area contributed by atoms with E-state index < -0.39 is 0 Å². The first kappa shape index (κ1) is 33.4. The molecule has 0 spiro atoms. The Morgan fingerprint density at radius 1 is 1.00 bits per heavy atom. The third-order valence-electron chi connectivity index (χ3n) is 0. The molecule has 0 saturated carbocycles. The molecular weight excluding hydrogens is 483 g/mol. The smallest absolute Gasteiger partial charge is 0 e. The molecule has 0 aromatic carbocycles. The van der Waals surface area contributed by atoms with Crippen LogP contribution in [-0.4, -0.2) is 54.4 Å². The molecule has 0 atom stereocenters. The van der Waals surface area contributed by atoms with Gasteiger partial charge >= 0.3 is 0 Å². The molecule has 0 amide bonds. The van der Waals surface area contributed by atoms with E-state index in [2.05, 4.69) is 0 Å². The molecule has 2 N–H and O–H groups in total. The van der Waals surface area contributed by atoms with Gasteiger partial charge in [-0.15, -0.1) is 0 Å². The van der Waals surface area contributed by atoms with Gasteiger partial charge < -0.3 is 5.48 Å². The second kappa shape index (κ2) is 23.4. The molecule has 5 heavy (non-hydrogen) atoms. The maximum absolute atomic E-state index is 0. The molecule has 0 heterocycles. The van der Waals surface area contributed by atoms with Crippen LogP contribution in [0.25, 0.3) is 0 Å². The van der Waals surface area contributed by atoms with Crippen molar-refractivity contribution in [2.75, 3.05) is 0 Å². The Kier molecular flexibility index (Phi) is 157. The molecule has 3 radical (unpaired) electrons. The van der Waals surface area contributed by atoms with Crippen LogP contribution in [0.3, 0.4) is 0 Å². The average molecular weight is 485 g/mol. The SMILES string of the molecule is O.[Ba].[Ce].[Ru].[Y]. The third-order valence-corrected chi connectivity index (χ3v) is 0. The van der Waals surface area contributed by atoms with Gasteiger partial charge in [0.15, 0.2) is 0 Å². The van der Waals surface area contributed by atoms with Gasteiger partial charge in [-0.3, -0.25) is 0 Å². The van der Waals surface area contributed by atoms with E-state index in [0.29, 0.717) is 0 Å². The minimum atomic E-state index is 0. The molecule has 0 aliphatic heterocycles. The topological polar surface area (TPSA) is 31.5 Å². The summed E-state index contributed by atoms with van der Waals surface area (Å²) >= 11 is 0. The first-order valence-corrected chi connectivity index (χ1v) is 0. The van der Waals surface area contributed by atoms with Crippen LogP contribution in [0.5, 0.6) is 0 Å². The van der Waals surface area contributed by atoms with Crippen LogP contribution in [0.15, 0.2) is 0 Å². The molecule has 0 aliphatic carbocycles. The minimum Gasteiger partial charge on any atom is -0.412 e. The molecule has 0 bridgehead atoms. The monoisotopic (exact) mass is 487 g/mol. The molecule has 0 saturated heterocycles. The van der Waals surface area contributed by atoms with Gasteiger partial charge in [-0.2, -0.15) is 0 Å². The molecular formula is H2BaCeORuY. The van der Waals surface area contributed by atoms with Crippen molar-refractivity contribution in [2.24, 2.45) is 0 Å². The van der Waals surface area contributed by atoms with Crippen LogP contribution in [0, 0.1) is 41.7 Å². The van der Waals surface area contributed by atoms with Crippen LogP contribution in [0.2, 0.25) is 0 Å². The summed E-state index contributed by atoms with van der Waals surface area (Å²) in [4.78, 5) is 0. The summed E-state index contributed by atoms with van der Waals surface area (Å²) in [5.74, 6) is 0. The molecule has 0 aromatic heterocycles. The zero-order chi connectivity index (χ0) is 0. The van der Waals surface area contributed by atoms with Crippen LogP contribution in [0.1, 0.15) is 0 Å². The summed E-state index contributed by atoms with van der Waals surface area (Å²) in [6.45, 7) is 0. The van der Waals surface area contributed by atoms with Gasteiger partial charge in [0, 0.05) is 143 Å². The summed E-state index contributed by atoms with van der Waals surface area (Å²) < 4.78 is 0. The van der Waals surface area contributed by atoms with E-state index in [-0.39, 0.29) is 148 Å². The quantitative estimate of drug-likeness (QED) is 0.386. The molecule has 0 aliphatic rings. The van der Waals surface area contributed by atoms with Crippen LogP contribution in [0.4, 0.5) is 0 Å². The van der Waals surface area contributed by atoms with Crippen molar-refractivity contribution < 1.29 is 99.4 Å². The predicted octanol–water partition coefficient (Wildman–Crippen LogP) is -1.21. The minimum absolute atomic E-state index is 0. The van der Waals surface area contributed by atoms with Crippen LogP contribution >= 0.6 is 0 Å². The van der Waals surface area contributed by atoms with Gasteiger partial charge in [-0.05, 0) is 0 Å². The van der Waals surface area contributed by atoms with Crippen LogP contribution < -0.4 is 0 Å². The molecule has 25 valence electrons. The zero-order valence-electron chi connectivity index (χ0n) is 2.64. The Morgan fingerprint density at radius 3 is 1.00 bits per heavy atom. The Balaban J connectivity index is 0. The van der Waals surface area contributed by atoms with Crippen molar-refractivity contribution >= 4 is 48.9 Å². The van der Waals surface area contributed by atoms with E-state index in [0.717, 1.165) is 0 Å². The summed E-state index contributed by atoms with van der Waals surface area (Å²) in [6, 6.07) is 0. The van der Waals surface area contributed by atoms with E-state index in [9.17, 15) is 0 Å².